The number of Topliss-reactive ketones (excluding diaryl/α,β-unsaturated/α-hetero) is 1. The predicted octanol–water partition coefficient (Wildman–Crippen LogP) is 4.34. The highest BCUT2D eigenvalue weighted by atomic mass is 35.5. The zero-order valence-electron chi connectivity index (χ0n) is 15.3. The van der Waals surface area contributed by atoms with Gasteiger partial charge in [-0.3, -0.25) is 4.79 Å². The molecule has 26 heavy (non-hydrogen) atoms. The number of hydrogen-bond donors (Lipinski definition) is 0. The molecule has 140 valence electrons. The number of ether oxygens (including phenoxy) is 1. The van der Waals surface area contributed by atoms with E-state index < -0.39 is 5.60 Å². The SMILES string of the molecule is CC(C)(C)OC(=O)N1CC(C(=O)C23CC(c4ccc(Cl)cc4F)(C2)C3)C1. The molecule has 0 aromatic heterocycles. The smallest absolute Gasteiger partial charge is 0.410 e. The lowest BCUT2D eigenvalue weighted by Gasteiger charge is -2.71. The van der Waals surface area contributed by atoms with E-state index in [4.69, 9.17) is 16.3 Å². The fourth-order valence-electron chi connectivity index (χ4n) is 4.81. The maximum Gasteiger partial charge on any atom is 0.410 e. The molecule has 0 atom stereocenters. The number of benzene rings is 1. The molecular weight excluding hydrogens is 357 g/mol. The summed E-state index contributed by atoms with van der Waals surface area (Å²) in [4.78, 5) is 26.4. The van der Waals surface area contributed by atoms with Crippen LogP contribution in [0, 0.1) is 17.2 Å². The highest BCUT2D eigenvalue weighted by Gasteiger charge is 2.73. The zero-order valence-corrected chi connectivity index (χ0v) is 16.0. The molecule has 6 heteroatoms. The van der Waals surface area contributed by atoms with Crippen LogP contribution in [0.1, 0.15) is 45.6 Å². The Morgan fingerprint density at radius 2 is 1.85 bits per heavy atom. The van der Waals surface area contributed by atoms with Gasteiger partial charge >= 0.3 is 6.09 Å². The van der Waals surface area contributed by atoms with Gasteiger partial charge in [-0.15, -0.1) is 0 Å². The lowest BCUT2D eigenvalue weighted by molar-refractivity contribution is -0.182. The van der Waals surface area contributed by atoms with Gasteiger partial charge in [0.1, 0.15) is 17.2 Å². The van der Waals surface area contributed by atoms with Gasteiger partial charge in [-0.25, -0.2) is 9.18 Å². The van der Waals surface area contributed by atoms with E-state index in [1.54, 1.807) is 17.0 Å². The molecule has 2 bridgehead atoms. The second kappa shape index (κ2) is 5.44. The molecule has 3 aliphatic carbocycles. The molecular formula is C20H23ClFNO3. The monoisotopic (exact) mass is 379 g/mol. The predicted molar refractivity (Wildman–Crippen MR) is 95.7 cm³/mol. The topological polar surface area (TPSA) is 46.6 Å². The molecule has 1 heterocycles. The largest absolute Gasteiger partial charge is 0.444 e. The summed E-state index contributed by atoms with van der Waals surface area (Å²) in [5.74, 6) is -0.164. The summed E-state index contributed by atoms with van der Waals surface area (Å²) >= 11 is 5.83. The van der Waals surface area contributed by atoms with Gasteiger partial charge in [0.2, 0.25) is 0 Å². The van der Waals surface area contributed by atoms with E-state index in [0.29, 0.717) is 42.9 Å². The average Bonchev–Trinajstić information content (AvgIpc) is 2.34. The third-order valence-corrected chi connectivity index (χ3v) is 6.19. The highest BCUT2D eigenvalue weighted by Crippen LogP contribution is 2.74. The maximum atomic E-state index is 14.2. The molecule has 0 unspecified atom stereocenters. The van der Waals surface area contributed by atoms with E-state index in [2.05, 4.69) is 0 Å². The number of likely N-dealkylation sites (tertiary alicyclic amines) is 1. The molecule has 0 spiro atoms. The molecule has 4 fully saturated rings. The molecule has 1 aromatic rings. The highest BCUT2D eigenvalue weighted by molar-refractivity contribution is 6.30. The van der Waals surface area contributed by atoms with Crippen molar-refractivity contribution in [2.45, 2.75) is 51.0 Å². The van der Waals surface area contributed by atoms with Gasteiger partial charge in [0.05, 0.1) is 5.92 Å². The first-order valence-corrected chi connectivity index (χ1v) is 9.39. The van der Waals surface area contributed by atoms with E-state index >= 15 is 0 Å². The average molecular weight is 380 g/mol. The molecule has 0 N–H and O–H groups in total. The summed E-state index contributed by atoms with van der Waals surface area (Å²) < 4.78 is 19.5. The van der Waals surface area contributed by atoms with Crippen molar-refractivity contribution in [1.29, 1.82) is 0 Å². The lowest BCUT2D eigenvalue weighted by Crippen LogP contribution is -2.71. The molecule has 1 amide bonds. The van der Waals surface area contributed by atoms with Crippen LogP contribution < -0.4 is 0 Å². The summed E-state index contributed by atoms with van der Waals surface area (Å²) in [7, 11) is 0. The number of halogens is 2. The Balaban J connectivity index is 1.33. The van der Waals surface area contributed by atoms with Crippen molar-refractivity contribution >= 4 is 23.5 Å². The van der Waals surface area contributed by atoms with Crippen molar-refractivity contribution in [1.82, 2.24) is 4.90 Å². The van der Waals surface area contributed by atoms with E-state index in [1.807, 2.05) is 20.8 Å². The molecule has 4 nitrogen and oxygen atoms in total. The molecule has 4 aliphatic rings. The van der Waals surface area contributed by atoms with Crippen molar-refractivity contribution < 1.29 is 18.7 Å². The zero-order chi connectivity index (χ0) is 18.9. The van der Waals surface area contributed by atoms with E-state index in [0.717, 1.165) is 0 Å². The Bertz CT molecular complexity index is 775. The summed E-state index contributed by atoms with van der Waals surface area (Å²) in [6.45, 7) is 6.33. The van der Waals surface area contributed by atoms with Crippen LogP contribution in [-0.4, -0.2) is 35.5 Å². The Kier molecular flexibility index (Phi) is 3.72. The minimum atomic E-state index is -0.533. The van der Waals surface area contributed by atoms with Crippen molar-refractivity contribution in [3.8, 4) is 0 Å². The number of amides is 1. The Labute approximate surface area is 157 Å². The lowest BCUT2D eigenvalue weighted by atomic mass is 9.31. The van der Waals surface area contributed by atoms with Gasteiger partial charge in [-0.2, -0.15) is 0 Å². The van der Waals surface area contributed by atoms with Crippen LogP contribution in [0.15, 0.2) is 18.2 Å². The molecule has 1 aliphatic heterocycles. The Morgan fingerprint density at radius 1 is 1.23 bits per heavy atom. The molecule has 1 saturated heterocycles. The quantitative estimate of drug-likeness (QED) is 0.785. The van der Waals surface area contributed by atoms with Crippen LogP contribution in [0.3, 0.4) is 0 Å². The van der Waals surface area contributed by atoms with Crippen LogP contribution in [-0.2, 0) is 14.9 Å². The first-order valence-electron chi connectivity index (χ1n) is 9.02. The van der Waals surface area contributed by atoms with Crippen LogP contribution in [0.2, 0.25) is 5.02 Å². The van der Waals surface area contributed by atoms with Crippen LogP contribution >= 0.6 is 11.6 Å². The van der Waals surface area contributed by atoms with Crippen LogP contribution in [0.25, 0.3) is 0 Å². The second-order valence-electron chi connectivity index (χ2n) is 9.16. The molecule has 1 aromatic carbocycles. The van der Waals surface area contributed by atoms with Crippen molar-refractivity contribution in [2.24, 2.45) is 11.3 Å². The van der Waals surface area contributed by atoms with Crippen molar-refractivity contribution in [2.75, 3.05) is 13.1 Å². The fourth-order valence-corrected chi connectivity index (χ4v) is 4.97. The maximum absolute atomic E-state index is 14.2. The van der Waals surface area contributed by atoms with Crippen LogP contribution in [0.5, 0.6) is 0 Å². The van der Waals surface area contributed by atoms with Gasteiger partial charge in [0.25, 0.3) is 0 Å². The molecule has 5 rings (SSSR count). The first kappa shape index (κ1) is 17.8. The van der Waals surface area contributed by atoms with E-state index in [-0.39, 0.29) is 34.4 Å². The third kappa shape index (κ3) is 2.63. The second-order valence-corrected chi connectivity index (χ2v) is 9.60. The van der Waals surface area contributed by atoms with Gasteiger partial charge in [0, 0.05) is 28.9 Å². The van der Waals surface area contributed by atoms with Gasteiger partial charge < -0.3 is 9.64 Å². The van der Waals surface area contributed by atoms with Gasteiger partial charge in [0.15, 0.2) is 0 Å². The van der Waals surface area contributed by atoms with Crippen molar-refractivity contribution in [3.05, 3.63) is 34.6 Å². The number of nitrogens with zero attached hydrogens (tertiary/aromatic N) is 1. The summed E-state index contributed by atoms with van der Waals surface area (Å²) in [6.07, 6.45) is 1.76. The minimum Gasteiger partial charge on any atom is -0.444 e. The van der Waals surface area contributed by atoms with Crippen LogP contribution in [0.4, 0.5) is 9.18 Å². The number of carbonyl (C=O) groups is 2. The Hall–Kier alpha value is -1.62. The Morgan fingerprint density at radius 3 is 2.38 bits per heavy atom. The third-order valence-electron chi connectivity index (χ3n) is 5.96. The standard InChI is InChI=1S/C20H23ClFNO3/c1-18(2,3)26-17(25)23-7-12(8-23)16(24)20-9-19(10-20,11-20)14-5-4-13(21)6-15(14)22/h4-6,12H,7-11H2,1-3H3. The number of ketones is 1. The minimum absolute atomic E-state index is 0.115. The number of rotatable bonds is 3. The first-order chi connectivity index (χ1) is 12.0. The normalized spacial score (nSPS) is 30.1. The fraction of sp³-hybridized carbons (Fsp3) is 0.600. The summed E-state index contributed by atoms with van der Waals surface area (Å²) in [5.41, 5.74) is -0.356. The van der Waals surface area contributed by atoms with E-state index in [1.165, 1.54) is 6.07 Å². The number of carbonyl (C=O) groups excluding carboxylic acids is 2. The summed E-state index contributed by atoms with van der Waals surface area (Å²) in [6, 6.07) is 4.80. The number of hydrogen-bond acceptors (Lipinski definition) is 3. The summed E-state index contributed by atoms with van der Waals surface area (Å²) in [5, 5.41) is 0.389. The van der Waals surface area contributed by atoms with Gasteiger partial charge in [-0.05, 0) is 57.7 Å². The van der Waals surface area contributed by atoms with E-state index in [9.17, 15) is 14.0 Å². The van der Waals surface area contributed by atoms with Crippen molar-refractivity contribution in [3.63, 3.8) is 0 Å². The van der Waals surface area contributed by atoms with Gasteiger partial charge in [-0.1, -0.05) is 17.7 Å². The molecule has 0 radical (unpaired) electrons. The molecule has 3 saturated carbocycles.